The minimum atomic E-state index is -0.480. The molecular formula is C16H20N2O5. The Bertz CT molecular complexity index is 748. The number of aromatic nitrogens is 2. The van der Waals surface area contributed by atoms with Gasteiger partial charge in [-0.25, -0.2) is 4.79 Å². The van der Waals surface area contributed by atoms with Crippen molar-refractivity contribution in [1.29, 1.82) is 0 Å². The molecule has 1 aromatic heterocycles. The van der Waals surface area contributed by atoms with Crippen LogP contribution >= 0.6 is 0 Å². The standard InChI is InChI=1S/C16H20N2O5/c1-9-7-18(16(21)17-14(9)20)15-12-6-4-3-5-11(12)13(23-15)8-22-10(2)19/h3-4,7,11-13,15H,5-6,8H2,1-2H3,(H,17,20,21)/t11-,12+,13+,15?/m0/s1. The van der Waals surface area contributed by atoms with Crippen molar-refractivity contribution in [2.75, 3.05) is 6.61 Å². The molecule has 1 aliphatic carbocycles. The molecule has 1 saturated heterocycles. The zero-order chi connectivity index (χ0) is 16.6. The smallest absolute Gasteiger partial charge is 0.330 e. The average molecular weight is 320 g/mol. The molecule has 2 heterocycles. The Kier molecular flexibility index (Phi) is 4.21. The third-order valence-corrected chi connectivity index (χ3v) is 4.56. The molecule has 0 aromatic carbocycles. The van der Waals surface area contributed by atoms with Crippen LogP contribution in [0.15, 0.2) is 27.9 Å². The number of fused-ring (bicyclic) bond motifs is 1. The maximum absolute atomic E-state index is 12.2. The van der Waals surface area contributed by atoms with E-state index in [4.69, 9.17) is 9.47 Å². The first-order valence-electron chi connectivity index (χ1n) is 7.73. The van der Waals surface area contributed by atoms with E-state index in [1.807, 2.05) is 0 Å². The summed E-state index contributed by atoms with van der Waals surface area (Å²) in [7, 11) is 0. The summed E-state index contributed by atoms with van der Waals surface area (Å²) in [5.41, 5.74) is -0.410. The number of allylic oxidation sites excluding steroid dienone is 2. The second-order valence-electron chi connectivity index (χ2n) is 6.12. The Labute approximate surface area is 132 Å². The zero-order valence-electron chi connectivity index (χ0n) is 13.2. The number of carbonyl (C=O) groups excluding carboxylic acids is 1. The summed E-state index contributed by atoms with van der Waals surface area (Å²) in [5.74, 6) is -0.0518. The largest absolute Gasteiger partial charge is 0.463 e. The Morgan fingerprint density at radius 1 is 1.35 bits per heavy atom. The lowest BCUT2D eigenvalue weighted by atomic mass is 9.81. The minimum absolute atomic E-state index is 0.114. The summed E-state index contributed by atoms with van der Waals surface area (Å²) in [6, 6.07) is 0. The molecule has 0 radical (unpaired) electrons. The molecule has 23 heavy (non-hydrogen) atoms. The number of aryl methyl sites for hydroxylation is 1. The lowest BCUT2D eigenvalue weighted by molar-refractivity contribution is -0.146. The minimum Gasteiger partial charge on any atom is -0.463 e. The van der Waals surface area contributed by atoms with Gasteiger partial charge in [0, 0.05) is 24.6 Å². The molecule has 0 bridgehead atoms. The highest BCUT2D eigenvalue weighted by molar-refractivity contribution is 5.65. The molecule has 1 unspecified atom stereocenters. The molecule has 2 aliphatic rings. The van der Waals surface area contributed by atoms with E-state index < -0.39 is 11.9 Å². The predicted octanol–water partition coefficient (Wildman–Crippen LogP) is 0.888. The third kappa shape index (κ3) is 3.01. The van der Waals surface area contributed by atoms with E-state index >= 15 is 0 Å². The van der Waals surface area contributed by atoms with Crippen molar-refractivity contribution in [2.45, 2.75) is 39.0 Å². The highest BCUT2D eigenvalue weighted by atomic mass is 16.6. The first-order valence-corrected chi connectivity index (χ1v) is 7.73. The fraction of sp³-hybridized carbons (Fsp3) is 0.562. The molecule has 0 spiro atoms. The van der Waals surface area contributed by atoms with Crippen molar-refractivity contribution in [3.8, 4) is 0 Å². The summed E-state index contributed by atoms with van der Waals surface area (Å²) in [6.07, 6.45) is 6.60. The van der Waals surface area contributed by atoms with Crippen LogP contribution in [-0.4, -0.2) is 28.2 Å². The quantitative estimate of drug-likeness (QED) is 0.660. The third-order valence-electron chi connectivity index (χ3n) is 4.56. The molecule has 1 N–H and O–H groups in total. The topological polar surface area (TPSA) is 90.4 Å². The van der Waals surface area contributed by atoms with Gasteiger partial charge in [-0.05, 0) is 25.7 Å². The molecule has 0 amide bonds. The molecule has 0 saturated carbocycles. The van der Waals surface area contributed by atoms with Crippen LogP contribution in [0.4, 0.5) is 0 Å². The van der Waals surface area contributed by atoms with Crippen LogP contribution in [0.2, 0.25) is 0 Å². The Morgan fingerprint density at radius 3 is 2.74 bits per heavy atom. The Balaban J connectivity index is 1.92. The van der Waals surface area contributed by atoms with E-state index in [1.165, 1.54) is 17.7 Å². The van der Waals surface area contributed by atoms with E-state index in [-0.39, 0.29) is 36.1 Å². The van der Waals surface area contributed by atoms with Crippen LogP contribution in [0, 0.1) is 18.8 Å². The number of nitrogens with zero attached hydrogens (tertiary/aromatic N) is 1. The molecule has 4 atom stereocenters. The van der Waals surface area contributed by atoms with E-state index in [2.05, 4.69) is 17.1 Å². The monoisotopic (exact) mass is 320 g/mol. The second-order valence-corrected chi connectivity index (χ2v) is 6.12. The summed E-state index contributed by atoms with van der Waals surface area (Å²) in [5, 5.41) is 0. The van der Waals surface area contributed by atoms with Gasteiger partial charge in [-0.1, -0.05) is 12.2 Å². The second kappa shape index (κ2) is 6.16. The molecule has 124 valence electrons. The van der Waals surface area contributed by atoms with Crippen molar-refractivity contribution in [3.05, 3.63) is 44.8 Å². The average Bonchev–Trinajstić information content (AvgIpc) is 2.88. The number of ether oxygens (including phenoxy) is 2. The van der Waals surface area contributed by atoms with Crippen molar-refractivity contribution in [2.24, 2.45) is 11.8 Å². The number of hydrogen-bond acceptors (Lipinski definition) is 5. The number of carbonyl (C=O) groups is 1. The Morgan fingerprint density at radius 2 is 2.04 bits per heavy atom. The van der Waals surface area contributed by atoms with Crippen LogP contribution < -0.4 is 11.2 Å². The van der Waals surface area contributed by atoms with Gasteiger partial charge in [0.25, 0.3) is 5.56 Å². The zero-order valence-corrected chi connectivity index (χ0v) is 13.2. The fourth-order valence-corrected chi connectivity index (χ4v) is 3.40. The molecule has 3 rings (SSSR count). The molecule has 7 nitrogen and oxygen atoms in total. The van der Waals surface area contributed by atoms with E-state index in [9.17, 15) is 14.4 Å². The van der Waals surface area contributed by atoms with Gasteiger partial charge in [-0.2, -0.15) is 0 Å². The van der Waals surface area contributed by atoms with Gasteiger partial charge in [0.15, 0.2) is 0 Å². The Hall–Kier alpha value is -2.15. The van der Waals surface area contributed by atoms with Crippen LogP contribution in [0.3, 0.4) is 0 Å². The van der Waals surface area contributed by atoms with Gasteiger partial charge in [-0.3, -0.25) is 19.1 Å². The van der Waals surface area contributed by atoms with Gasteiger partial charge in [0.05, 0.1) is 6.10 Å². The normalized spacial score (nSPS) is 29.3. The van der Waals surface area contributed by atoms with Crippen molar-refractivity contribution < 1.29 is 14.3 Å². The summed E-state index contributed by atoms with van der Waals surface area (Å²) < 4.78 is 12.6. The van der Waals surface area contributed by atoms with E-state index in [1.54, 1.807) is 6.92 Å². The molecule has 1 aromatic rings. The summed E-state index contributed by atoms with van der Waals surface area (Å²) in [6.45, 7) is 3.19. The fourth-order valence-electron chi connectivity index (χ4n) is 3.40. The van der Waals surface area contributed by atoms with Crippen molar-refractivity contribution in [3.63, 3.8) is 0 Å². The van der Waals surface area contributed by atoms with Gasteiger partial charge in [0.2, 0.25) is 0 Å². The van der Waals surface area contributed by atoms with Gasteiger partial charge in [-0.15, -0.1) is 0 Å². The van der Waals surface area contributed by atoms with Gasteiger partial charge >= 0.3 is 11.7 Å². The van der Waals surface area contributed by atoms with Crippen LogP contribution in [0.1, 0.15) is 31.6 Å². The van der Waals surface area contributed by atoms with Crippen LogP contribution in [0.25, 0.3) is 0 Å². The maximum atomic E-state index is 12.2. The van der Waals surface area contributed by atoms with E-state index in [0.29, 0.717) is 5.56 Å². The van der Waals surface area contributed by atoms with Crippen molar-refractivity contribution in [1.82, 2.24) is 9.55 Å². The van der Waals surface area contributed by atoms with Gasteiger partial charge < -0.3 is 9.47 Å². The number of esters is 1. The number of nitrogens with one attached hydrogen (secondary N) is 1. The molecule has 1 fully saturated rings. The van der Waals surface area contributed by atoms with E-state index in [0.717, 1.165) is 12.8 Å². The van der Waals surface area contributed by atoms with Crippen LogP contribution in [-0.2, 0) is 14.3 Å². The van der Waals surface area contributed by atoms with Crippen LogP contribution in [0.5, 0.6) is 0 Å². The lowest BCUT2D eigenvalue weighted by Gasteiger charge is -2.25. The number of H-pyrrole nitrogens is 1. The highest BCUT2D eigenvalue weighted by Crippen LogP contribution is 2.45. The maximum Gasteiger partial charge on any atom is 0.330 e. The first kappa shape index (κ1) is 15.7. The molecule has 1 aliphatic heterocycles. The number of hydrogen-bond donors (Lipinski definition) is 1. The number of aromatic amines is 1. The first-order chi connectivity index (χ1) is 11.0. The SMILES string of the molecule is CC(=O)OC[C@H]1OC(n2cc(C)c(=O)[nH]c2=O)[C@@H]2CC=CC[C@H]12. The van der Waals surface area contributed by atoms with Crippen molar-refractivity contribution >= 4 is 5.97 Å². The summed E-state index contributed by atoms with van der Waals surface area (Å²) in [4.78, 5) is 37.1. The molecular weight excluding hydrogens is 300 g/mol. The predicted molar refractivity (Wildman–Crippen MR) is 82.0 cm³/mol. The highest BCUT2D eigenvalue weighted by Gasteiger charge is 2.45. The summed E-state index contributed by atoms with van der Waals surface area (Å²) >= 11 is 0. The van der Waals surface area contributed by atoms with Gasteiger partial charge in [0.1, 0.15) is 12.8 Å². The number of rotatable bonds is 3. The molecule has 7 heteroatoms. The lowest BCUT2D eigenvalue weighted by Crippen LogP contribution is -2.35.